The Balaban J connectivity index is 1.78. The number of amides is 5. The maximum Gasteiger partial charge on any atom is 0.410 e. The summed E-state index contributed by atoms with van der Waals surface area (Å²) in [5.74, 6) is -1.95. The predicted molar refractivity (Wildman–Crippen MR) is 297 cm³/mol. The van der Waals surface area contributed by atoms with Gasteiger partial charge in [0, 0.05) is 56.9 Å². The summed E-state index contributed by atoms with van der Waals surface area (Å²) < 4.78 is 47.7. The third-order valence-electron chi connectivity index (χ3n) is 14.1. The third-order valence-corrected chi connectivity index (χ3v) is 18.6. The lowest BCUT2D eigenvalue weighted by Crippen LogP contribution is -2.71. The van der Waals surface area contributed by atoms with Crippen molar-refractivity contribution in [2.24, 2.45) is 5.92 Å². The molecule has 4 rings (SSSR count). The minimum absolute atomic E-state index is 0.103. The Morgan fingerprint density at radius 3 is 2.02 bits per heavy atom. The highest BCUT2D eigenvalue weighted by atomic mass is 28.4. The Morgan fingerprint density at radius 2 is 1.44 bits per heavy atom. The van der Waals surface area contributed by atoms with Gasteiger partial charge in [-0.25, -0.2) is 19.2 Å². The highest BCUT2D eigenvalue weighted by molar-refractivity contribution is 6.74. The van der Waals surface area contributed by atoms with Gasteiger partial charge in [-0.3, -0.25) is 14.9 Å². The fourth-order valence-electron chi connectivity index (χ4n) is 9.17. The Kier molecular flexibility index (Phi) is 23.4. The van der Waals surface area contributed by atoms with E-state index in [1.807, 2.05) is 0 Å². The van der Waals surface area contributed by atoms with Gasteiger partial charge in [0.05, 0.1) is 36.3 Å². The van der Waals surface area contributed by atoms with Crippen LogP contribution in [0.25, 0.3) is 0 Å². The fraction of sp³-hybridized carbons (Fsp3) is 0.759. The molecule has 81 heavy (non-hydrogen) atoms. The van der Waals surface area contributed by atoms with E-state index in [0.29, 0.717) is 18.7 Å². The predicted octanol–water partition coefficient (Wildman–Crippen LogP) is 4.60. The first-order chi connectivity index (χ1) is 37.2. The lowest BCUT2D eigenvalue weighted by molar-refractivity contribution is -0.384. The summed E-state index contributed by atoms with van der Waals surface area (Å²) in [5, 5.41) is 73.4. The van der Waals surface area contributed by atoms with Gasteiger partial charge in [-0.15, -0.1) is 0 Å². The average molecular weight is 1170 g/mol. The van der Waals surface area contributed by atoms with Crippen molar-refractivity contribution in [1.29, 1.82) is 0 Å². The van der Waals surface area contributed by atoms with Crippen LogP contribution in [0.1, 0.15) is 115 Å². The van der Waals surface area contributed by atoms with Crippen molar-refractivity contribution in [2.75, 3.05) is 39.9 Å². The number of likely N-dealkylation sites (N-methyl/N-ethyl adjacent to an activating group) is 1. The maximum atomic E-state index is 14.1. The van der Waals surface area contributed by atoms with Crippen LogP contribution >= 0.6 is 0 Å². The Labute approximate surface area is 476 Å². The number of carbonyl (C=O) groups is 5. The van der Waals surface area contributed by atoms with Crippen LogP contribution in [0.4, 0.5) is 24.9 Å². The van der Waals surface area contributed by atoms with Gasteiger partial charge >= 0.3 is 24.4 Å². The SMILES string of the molecule is CN(C(=O)OC(C)(C)C)[C@@H]1[C@@H](O)[C@@H](O[C@H]2[C@H](NC(=O)[C@@H](O)CCNC(=O)OC(C)(C)C)C[C@H](NC(=O)OC(C)(C)C)C([C@H]3OC(CNC(=O)OCc4ccc([N+](=O)[O-])cc4)=CC[C@H]3NCCO[Si](C)(C)C(C)(C)C)[C@@H]2O)OC[C@]1(C)O. The molecule has 0 bridgehead atoms. The number of aliphatic hydroxyl groups is 4. The number of nitro benzene ring substituents is 1. The monoisotopic (exact) mass is 1170 g/mol. The van der Waals surface area contributed by atoms with Crippen LogP contribution in [-0.2, 0) is 49.0 Å². The number of hydrogen-bond acceptors (Lipinski definition) is 20. The summed E-state index contributed by atoms with van der Waals surface area (Å²) in [6.07, 6.45) is -11.8. The molecule has 1 unspecified atom stereocenters. The summed E-state index contributed by atoms with van der Waals surface area (Å²) >= 11 is 0. The lowest BCUT2D eigenvalue weighted by atomic mass is 9.72. The van der Waals surface area contributed by atoms with Crippen LogP contribution < -0.4 is 26.6 Å². The normalized spacial score (nSPS) is 26.8. The number of aliphatic hydroxyl groups excluding tert-OH is 3. The number of ether oxygens (including phenoxy) is 7. The zero-order valence-corrected chi connectivity index (χ0v) is 50.9. The molecule has 1 aliphatic carbocycles. The number of benzene rings is 1. The highest BCUT2D eigenvalue weighted by Crippen LogP contribution is 2.40. The molecule has 1 saturated carbocycles. The summed E-state index contributed by atoms with van der Waals surface area (Å²) in [6, 6.07) is 0.925. The van der Waals surface area contributed by atoms with E-state index in [1.54, 1.807) is 68.4 Å². The standard InChI is InChI=1S/C54H91N7O19Si/c1-50(2,3)78-47(67)56-24-23-37(62)44(65)58-36-27-35(59-48(68)79-51(4,5)6)38(39(63)42(36)77-45-40(64)43(54(13,70)30-74-45)60(14)49(69)80-52(7,8)9)41-34(55-25-26-75-81(15,16)53(10,11)12)22-21-33(76-41)28-57-46(66)73-29-31-17-19-32(20-18-31)61(71)72/h17-21,34-43,45,55,62-64,70H,22-30H2,1-16H3,(H,56,67)(H,57,66)(H,58,65)(H,59,68)/t34-,35+,36-,37+,38?,39+,40-,41+,42+,43-,45-,54+/m1/s1. The third kappa shape index (κ3) is 20.8. The van der Waals surface area contributed by atoms with Crippen LogP contribution in [0.15, 0.2) is 36.1 Å². The molecule has 0 aromatic heterocycles. The molecule has 27 heteroatoms. The van der Waals surface area contributed by atoms with Gasteiger partial charge in [-0.2, -0.15) is 0 Å². The Hall–Kier alpha value is -5.39. The molecule has 1 aromatic carbocycles. The van der Waals surface area contributed by atoms with E-state index < -0.39 is 139 Å². The number of nitro groups is 1. The number of rotatable bonds is 20. The first-order valence-corrected chi connectivity index (χ1v) is 30.2. The minimum Gasteiger partial charge on any atom is -0.491 e. The van der Waals surface area contributed by atoms with Crippen LogP contribution in [0, 0.1) is 16.0 Å². The number of non-ortho nitro benzene ring substituents is 1. The van der Waals surface area contributed by atoms with Crippen molar-refractivity contribution in [3.05, 3.63) is 51.8 Å². The molecule has 2 heterocycles. The van der Waals surface area contributed by atoms with E-state index in [0.717, 1.165) is 4.90 Å². The molecule has 5 amide bonds. The molecular weight excluding hydrogens is 1080 g/mol. The number of alkyl carbamates (subject to hydrolysis) is 3. The molecule has 9 N–H and O–H groups in total. The summed E-state index contributed by atoms with van der Waals surface area (Å²) in [6.45, 7) is 26.3. The van der Waals surface area contributed by atoms with Crippen LogP contribution in [0.5, 0.6) is 0 Å². The first kappa shape index (κ1) is 68.1. The fourth-order valence-corrected chi connectivity index (χ4v) is 10.2. The molecule has 26 nitrogen and oxygen atoms in total. The summed E-state index contributed by atoms with van der Waals surface area (Å²) in [7, 11) is -0.906. The molecule has 0 spiro atoms. The number of nitrogens with zero attached hydrogens (tertiary/aromatic N) is 2. The van der Waals surface area contributed by atoms with Gasteiger partial charge in [0.15, 0.2) is 14.6 Å². The van der Waals surface area contributed by atoms with Crippen molar-refractivity contribution in [1.82, 2.24) is 31.5 Å². The zero-order valence-electron chi connectivity index (χ0n) is 49.9. The van der Waals surface area contributed by atoms with Crippen molar-refractivity contribution in [3.8, 4) is 0 Å². The molecule has 460 valence electrons. The second kappa shape index (κ2) is 27.8. The number of hydrogen-bond donors (Lipinski definition) is 9. The van der Waals surface area contributed by atoms with Gasteiger partial charge in [-0.1, -0.05) is 20.8 Å². The summed E-state index contributed by atoms with van der Waals surface area (Å²) in [4.78, 5) is 78.6. The zero-order chi connectivity index (χ0) is 61.2. The van der Waals surface area contributed by atoms with Gasteiger partial charge in [0.25, 0.3) is 5.69 Å². The smallest absolute Gasteiger partial charge is 0.410 e. The molecule has 1 aromatic rings. The summed E-state index contributed by atoms with van der Waals surface area (Å²) in [5.41, 5.74) is -4.33. The van der Waals surface area contributed by atoms with E-state index in [-0.39, 0.29) is 55.4 Å². The van der Waals surface area contributed by atoms with Crippen molar-refractivity contribution >= 4 is 44.3 Å². The van der Waals surface area contributed by atoms with E-state index in [2.05, 4.69) is 60.4 Å². The molecule has 12 atom stereocenters. The second-order valence-corrected chi connectivity index (χ2v) is 30.4. The number of nitrogens with one attached hydrogen (secondary N) is 5. The molecule has 2 fully saturated rings. The molecule has 2 aliphatic heterocycles. The van der Waals surface area contributed by atoms with Crippen molar-refractivity contribution in [2.45, 2.75) is 217 Å². The van der Waals surface area contributed by atoms with E-state index in [9.17, 15) is 54.5 Å². The lowest BCUT2D eigenvalue weighted by Gasteiger charge is -2.52. The highest BCUT2D eigenvalue weighted by Gasteiger charge is 2.56. The van der Waals surface area contributed by atoms with E-state index in [1.165, 1.54) is 38.2 Å². The topological polar surface area (TPSA) is 347 Å². The molecule has 0 radical (unpaired) electrons. The molecule has 1 saturated heterocycles. The molecular formula is C54H91N7O19Si. The van der Waals surface area contributed by atoms with Gasteiger partial charge in [0.1, 0.15) is 59.2 Å². The van der Waals surface area contributed by atoms with Crippen molar-refractivity contribution in [3.63, 3.8) is 0 Å². The Bertz CT molecular complexity index is 2330. The van der Waals surface area contributed by atoms with Gasteiger partial charge in [-0.05, 0) is 130 Å². The largest absolute Gasteiger partial charge is 0.491 e. The Morgan fingerprint density at radius 1 is 0.840 bits per heavy atom. The van der Waals surface area contributed by atoms with Crippen LogP contribution in [0.3, 0.4) is 0 Å². The van der Waals surface area contributed by atoms with E-state index >= 15 is 0 Å². The number of carbonyl (C=O) groups excluding carboxylic acids is 5. The quantitative estimate of drug-likeness (QED) is 0.0283. The van der Waals surface area contributed by atoms with Crippen molar-refractivity contribution < 1.29 is 86.9 Å². The van der Waals surface area contributed by atoms with Gasteiger partial charge < -0.3 is 89.5 Å². The second-order valence-electron chi connectivity index (χ2n) is 25.6. The maximum absolute atomic E-state index is 14.1. The van der Waals surface area contributed by atoms with Crippen LogP contribution in [0.2, 0.25) is 18.1 Å². The minimum atomic E-state index is -2.23. The van der Waals surface area contributed by atoms with E-state index in [4.69, 9.17) is 37.6 Å². The van der Waals surface area contributed by atoms with Gasteiger partial charge in [0.2, 0.25) is 5.91 Å². The first-order valence-electron chi connectivity index (χ1n) is 27.3. The van der Waals surface area contributed by atoms with Crippen LogP contribution in [-0.4, -0.2) is 192 Å². The average Bonchev–Trinajstić information content (AvgIpc) is 3.31. The molecule has 3 aliphatic rings.